The first-order chi connectivity index (χ1) is 20.9. The summed E-state index contributed by atoms with van der Waals surface area (Å²) in [6, 6.07) is 24.0. The minimum absolute atomic E-state index is 0.0888. The molecule has 0 saturated heterocycles. The van der Waals surface area contributed by atoms with Crippen LogP contribution >= 0.6 is 0 Å². The topological polar surface area (TPSA) is 235 Å². The average molecular weight is 631 g/mol. The van der Waals surface area contributed by atoms with Gasteiger partial charge in [-0.05, 0) is 66.7 Å². The van der Waals surface area contributed by atoms with Crippen LogP contribution in [0.2, 0.25) is 0 Å². The van der Waals surface area contributed by atoms with E-state index in [4.69, 9.17) is 16.0 Å². The van der Waals surface area contributed by atoms with Gasteiger partial charge in [-0.2, -0.15) is 27.1 Å². The molecular weight excluding hydrogens is 608 g/mol. The van der Waals surface area contributed by atoms with Crippen molar-refractivity contribution in [2.24, 2.45) is 30.7 Å². The normalized spacial score (nSPS) is 12.6. The number of nitrogens with two attached hydrogens (primary N) is 2. The maximum atomic E-state index is 12.2. The molecule has 5 rings (SSSR count). The molecule has 0 aromatic heterocycles. The molecule has 0 aliphatic carbocycles. The summed E-state index contributed by atoms with van der Waals surface area (Å²) < 4.78 is 66.0. The molecule has 14 nitrogen and oxygen atoms in total. The van der Waals surface area contributed by atoms with Crippen LogP contribution in [0.15, 0.2) is 138 Å². The lowest BCUT2D eigenvalue weighted by Gasteiger charge is -2.09. The van der Waals surface area contributed by atoms with Gasteiger partial charge in [-0.25, -0.2) is 0 Å². The molecule has 5 aromatic rings. The number of rotatable bonds is 8. The Kier molecular flexibility index (Phi) is 8.23. The van der Waals surface area contributed by atoms with Gasteiger partial charge in [0.2, 0.25) is 0 Å². The van der Waals surface area contributed by atoms with Crippen molar-refractivity contribution in [2.75, 3.05) is 11.5 Å². The van der Waals surface area contributed by atoms with Gasteiger partial charge in [-0.1, -0.05) is 30.3 Å². The SMILES string of the molecule is Nc1cc(N)c(N=Nc2ccc(N=Nc3ccccc3)c3c(S(=O)(=O)O)cccc23)cc1N=Nc1ccc(S(=O)(=O)O)cc1. The van der Waals surface area contributed by atoms with Gasteiger partial charge < -0.3 is 11.5 Å². The zero-order valence-electron chi connectivity index (χ0n) is 22.4. The number of nitrogens with zero attached hydrogens (tertiary/aromatic N) is 6. The molecule has 5 aromatic carbocycles. The Balaban J connectivity index is 1.52. The monoisotopic (exact) mass is 630 g/mol. The van der Waals surface area contributed by atoms with Gasteiger partial charge >= 0.3 is 0 Å². The molecule has 0 bridgehead atoms. The van der Waals surface area contributed by atoms with Crippen molar-refractivity contribution in [3.8, 4) is 0 Å². The van der Waals surface area contributed by atoms with Crippen molar-refractivity contribution in [3.63, 3.8) is 0 Å². The largest absolute Gasteiger partial charge is 0.397 e. The number of benzene rings is 5. The maximum absolute atomic E-state index is 12.2. The van der Waals surface area contributed by atoms with Crippen LogP contribution < -0.4 is 11.5 Å². The predicted molar refractivity (Wildman–Crippen MR) is 164 cm³/mol. The minimum Gasteiger partial charge on any atom is -0.397 e. The zero-order valence-corrected chi connectivity index (χ0v) is 24.1. The summed E-state index contributed by atoms with van der Waals surface area (Å²) in [5, 5.41) is 25.4. The van der Waals surface area contributed by atoms with Crippen molar-refractivity contribution in [2.45, 2.75) is 9.79 Å². The lowest BCUT2D eigenvalue weighted by molar-refractivity contribution is 0.481. The Hall–Kier alpha value is -5.42. The van der Waals surface area contributed by atoms with E-state index in [-0.39, 0.29) is 55.0 Å². The van der Waals surface area contributed by atoms with Crippen molar-refractivity contribution in [3.05, 3.63) is 97.1 Å². The van der Waals surface area contributed by atoms with Gasteiger partial charge in [0.15, 0.2) is 0 Å². The van der Waals surface area contributed by atoms with Crippen LogP contribution in [0.3, 0.4) is 0 Å². The van der Waals surface area contributed by atoms with E-state index in [9.17, 15) is 21.4 Å². The van der Waals surface area contributed by atoms with Crippen molar-refractivity contribution in [1.82, 2.24) is 0 Å². The van der Waals surface area contributed by atoms with Gasteiger partial charge in [0.25, 0.3) is 20.2 Å². The fraction of sp³-hybridized carbons (Fsp3) is 0. The molecule has 222 valence electrons. The second kappa shape index (κ2) is 12.1. The van der Waals surface area contributed by atoms with Crippen LogP contribution in [0, 0.1) is 0 Å². The van der Waals surface area contributed by atoms with Crippen LogP contribution in [-0.4, -0.2) is 25.9 Å². The summed E-state index contributed by atoms with van der Waals surface area (Å²) in [5.41, 5.74) is 14.1. The summed E-state index contributed by atoms with van der Waals surface area (Å²) >= 11 is 0. The van der Waals surface area contributed by atoms with E-state index in [1.54, 1.807) is 36.4 Å². The molecule has 0 fully saturated rings. The summed E-state index contributed by atoms with van der Waals surface area (Å²) in [6.45, 7) is 0. The second-order valence-corrected chi connectivity index (χ2v) is 11.9. The van der Waals surface area contributed by atoms with E-state index < -0.39 is 20.2 Å². The van der Waals surface area contributed by atoms with Gasteiger partial charge in [0.05, 0.1) is 39.0 Å². The molecule has 0 atom stereocenters. The highest BCUT2D eigenvalue weighted by atomic mass is 32.2. The molecule has 0 radical (unpaired) electrons. The van der Waals surface area contributed by atoms with Crippen LogP contribution in [-0.2, 0) is 20.2 Å². The number of anilines is 2. The molecule has 0 saturated carbocycles. The van der Waals surface area contributed by atoms with E-state index in [1.807, 2.05) is 6.07 Å². The smallest absolute Gasteiger partial charge is 0.295 e. The standard InChI is InChI=1S/C28H22N8O6S2/c29-21-15-22(30)26(16-25(21)35-32-18-9-11-19(12-10-18)43(37,38)39)36-33-23-13-14-24(34-31-17-5-2-1-3-6-17)28-20(23)7-4-8-27(28)44(40,41)42/h1-16H,29-30H2,(H,37,38,39)(H,40,41,42). The number of fused-ring (bicyclic) bond motifs is 1. The van der Waals surface area contributed by atoms with Crippen LogP contribution in [0.4, 0.5) is 45.5 Å². The molecule has 0 unspecified atom stereocenters. The summed E-state index contributed by atoms with van der Waals surface area (Å²) in [6.07, 6.45) is 0. The second-order valence-electron chi connectivity index (χ2n) is 9.13. The fourth-order valence-electron chi connectivity index (χ4n) is 4.02. The van der Waals surface area contributed by atoms with E-state index in [0.717, 1.165) is 0 Å². The molecule has 6 N–H and O–H groups in total. The summed E-state index contributed by atoms with van der Waals surface area (Å²) in [4.78, 5) is -0.678. The summed E-state index contributed by atoms with van der Waals surface area (Å²) in [5.74, 6) is 0. The number of hydrogen-bond donors (Lipinski definition) is 4. The van der Waals surface area contributed by atoms with Gasteiger partial charge in [0.1, 0.15) is 16.3 Å². The van der Waals surface area contributed by atoms with E-state index in [0.29, 0.717) is 11.1 Å². The first-order valence-electron chi connectivity index (χ1n) is 12.5. The highest BCUT2D eigenvalue weighted by Crippen LogP contribution is 2.40. The van der Waals surface area contributed by atoms with Crippen LogP contribution in [0.1, 0.15) is 0 Å². The average Bonchev–Trinajstić information content (AvgIpc) is 2.99. The predicted octanol–water partition coefficient (Wildman–Crippen LogP) is 7.74. The molecule has 0 amide bonds. The van der Waals surface area contributed by atoms with E-state index in [2.05, 4.69) is 30.7 Å². The van der Waals surface area contributed by atoms with Crippen LogP contribution in [0.25, 0.3) is 10.8 Å². The first-order valence-corrected chi connectivity index (χ1v) is 15.4. The quantitative estimate of drug-likeness (QED) is 0.0749. The van der Waals surface area contributed by atoms with E-state index in [1.165, 1.54) is 54.6 Å². The summed E-state index contributed by atoms with van der Waals surface area (Å²) in [7, 11) is -9.00. The van der Waals surface area contributed by atoms with Gasteiger partial charge in [-0.15, -0.1) is 20.5 Å². The Morgan fingerprint density at radius 1 is 0.500 bits per heavy atom. The molecule has 0 aliphatic rings. The highest BCUT2D eigenvalue weighted by molar-refractivity contribution is 7.86. The van der Waals surface area contributed by atoms with Crippen molar-refractivity contribution >= 4 is 76.5 Å². The third-order valence-electron chi connectivity index (χ3n) is 6.11. The number of nitrogen functional groups attached to an aromatic ring is 2. The minimum atomic E-state index is -4.65. The molecule has 0 aliphatic heterocycles. The lowest BCUT2D eigenvalue weighted by atomic mass is 10.1. The Labute approximate surface area is 251 Å². The number of azo groups is 3. The Morgan fingerprint density at radius 3 is 1.66 bits per heavy atom. The maximum Gasteiger partial charge on any atom is 0.295 e. The Morgan fingerprint density at radius 2 is 1.05 bits per heavy atom. The van der Waals surface area contributed by atoms with E-state index >= 15 is 0 Å². The Bertz CT molecular complexity index is 2190. The molecule has 0 heterocycles. The molecule has 16 heteroatoms. The molecule has 44 heavy (non-hydrogen) atoms. The highest BCUT2D eigenvalue weighted by Gasteiger charge is 2.19. The fourth-order valence-corrected chi connectivity index (χ4v) is 5.22. The van der Waals surface area contributed by atoms with Gasteiger partial charge in [-0.3, -0.25) is 9.11 Å². The van der Waals surface area contributed by atoms with Crippen LogP contribution in [0.5, 0.6) is 0 Å². The number of hydrogen-bond acceptors (Lipinski definition) is 12. The lowest BCUT2D eigenvalue weighted by Crippen LogP contribution is -1.99. The van der Waals surface area contributed by atoms with Crippen molar-refractivity contribution < 1.29 is 25.9 Å². The third-order valence-corrected chi connectivity index (χ3v) is 7.88. The van der Waals surface area contributed by atoms with Crippen molar-refractivity contribution in [1.29, 1.82) is 0 Å². The molecular formula is C28H22N8O6S2. The molecule has 0 spiro atoms. The first kappa shape index (κ1) is 30.1. The van der Waals surface area contributed by atoms with Gasteiger partial charge in [0, 0.05) is 10.8 Å². The zero-order chi connectivity index (χ0) is 31.5. The third kappa shape index (κ3) is 6.79.